The van der Waals surface area contributed by atoms with Crippen molar-refractivity contribution in [3.63, 3.8) is 0 Å². The molecule has 1 fully saturated rings. The summed E-state index contributed by atoms with van der Waals surface area (Å²) in [5.41, 5.74) is 1.23. The molecule has 2 rings (SSSR count). The van der Waals surface area contributed by atoms with Crippen molar-refractivity contribution in [3.8, 4) is 5.75 Å². The second kappa shape index (κ2) is 7.39. The zero-order valence-electron chi connectivity index (χ0n) is 11.2. The van der Waals surface area contributed by atoms with Gasteiger partial charge in [-0.2, -0.15) is 0 Å². The van der Waals surface area contributed by atoms with Gasteiger partial charge in [0, 0.05) is 6.61 Å². The van der Waals surface area contributed by atoms with E-state index in [1.54, 1.807) is 0 Å². The van der Waals surface area contributed by atoms with Gasteiger partial charge in [-0.15, -0.1) is 0 Å². The topological polar surface area (TPSA) is 30.5 Å². The molecule has 1 aliphatic rings. The fourth-order valence-corrected chi connectivity index (χ4v) is 2.22. The van der Waals surface area contributed by atoms with E-state index in [2.05, 4.69) is 18.3 Å². The van der Waals surface area contributed by atoms with Crippen molar-refractivity contribution < 1.29 is 9.47 Å². The lowest BCUT2D eigenvalue weighted by Crippen LogP contribution is -2.30. The van der Waals surface area contributed by atoms with Gasteiger partial charge in [0.15, 0.2) is 0 Å². The highest BCUT2D eigenvalue weighted by atomic mass is 16.5. The van der Waals surface area contributed by atoms with E-state index < -0.39 is 0 Å². The first-order valence-corrected chi connectivity index (χ1v) is 6.82. The molecular formula is C15H23NO2. The molecule has 0 aromatic heterocycles. The lowest BCUT2D eigenvalue weighted by molar-refractivity contribution is 0.0655. The Kier molecular flexibility index (Phi) is 5.49. The molecule has 3 nitrogen and oxygen atoms in total. The van der Waals surface area contributed by atoms with Crippen LogP contribution in [0.2, 0.25) is 0 Å². The van der Waals surface area contributed by atoms with Gasteiger partial charge in [-0.3, -0.25) is 0 Å². The third-order valence-corrected chi connectivity index (χ3v) is 3.30. The van der Waals surface area contributed by atoms with Gasteiger partial charge in [-0.1, -0.05) is 12.1 Å². The Morgan fingerprint density at radius 3 is 2.83 bits per heavy atom. The molecule has 0 unspecified atom stereocenters. The Balaban J connectivity index is 1.55. The number of ether oxygens (including phenoxy) is 2. The van der Waals surface area contributed by atoms with E-state index in [1.165, 1.54) is 18.4 Å². The van der Waals surface area contributed by atoms with Gasteiger partial charge in [0.25, 0.3) is 0 Å². The predicted molar refractivity (Wildman–Crippen MR) is 73.1 cm³/mol. The summed E-state index contributed by atoms with van der Waals surface area (Å²) in [6.07, 6.45) is 2.47. The summed E-state index contributed by atoms with van der Waals surface area (Å²) in [4.78, 5) is 0. The molecule has 3 heteroatoms. The predicted octanol–water partition coefficient (Wildman–Crippen LogP) is 2.39. The van der Waals surface area contributed by atoms with E-state index >= 15 is 0 Å². The number of hydrogen-bond donors (Lipinski definition) is 1. The average Bonchev–Trinajstić information content (AvgIpc) is 2.40. The van der Waals surface area contributed by atoms with Gasteiger partial charge >= 0.3 is 0 Å². The van der Waals surface area contributed by atoms with Crippen molar-refractivity contribution in [1.82, 2.24) is 5.32 Å². The van der Waals surface area contributed by atoms with E-state index in [1.807, 2.05) is 18.2 Å². The third kappa shape index (κ3) is 4.67. The largest absolute Gasteiger partial charge is 0.491 e. The van der Waals surface area contributed by atoms with Gasteiger partial charge < -0.3 is 14.8 Å². The van der Waals surface area contributed by atoms with Crippen LogP contribution < -0.4 is 10.1 Å². The smallest absolute Gasteiger partial charge is 0.119 e. The van der Waals surface area contributed by atoms with Crippen LogP contribution in [0.25, 0.3) is 0 Å². The van der Waals surface area contributed by atoms with Crippen molar-refractivity contribution >= 4 is 0 Å². The molecular weight excluding hydrogens is 226 g/mol. The Bertz CT molecular complexity index is 348. The second-order valence-electron chi connectivity index (χ2n) is 4.93. The molecule has 0 atom stereocenters. The number of piperidine rings is 1. The lowest BCUT2D eigenvalue weighted by Gasteiger charge is -2.22. The maximum absolute atomic E-state index is 5.67. The van der Waals surface area contributed by atoms with Crippen LogP contribution in [0.4, 0.5) is 0 Å². The highest BCUT2D eigenvalue weighted by Gasteiger charge is 2.12. The molecule has 1 aliphatic heterocycles. The van der Waals surface area contributed by atoms with E-state index in [9.17, 15) is 0 Å². The number of rotatable bonds is 6. The van der Waals surface area contributed by atoms with Crippen molar-refractivity contribution in [3.05, 3.63) is 29.8 Å². The van der Waals surface area contributed by atoms with Crippen molar-refractivity contribution in [1.29, 1.82) is 0 Å². The lowest BCUT2D eigenvalue weighted by atomic mass is 9.99. The van der Waals surface area contributed by atoms with Crippen molar-refractivity contribution in [2.45, 2.75) is 19.8 Å². The number of aryl methyl sites for hydroxylation is 1. The Morgan fingerprint density at radius 1 is 1.22 bits per heavy atom. The van der Waals surface area contributed by atoms with Crippen LogP contribution >= 0.6 is 0 Å². The molecule has 0 aliphatic carbocycles. The molecule has 0 amide bonds. The van der Waals surface area contributed by atoms with Gasteiger partial charge in [0.1, 0.15) is 12.4 Å². The normalized spacial score (nSPS) is 16.7. The first kappa shape index (κ1) is 13.4. The van der Waals surface area contributed by atoms with Crippen molar-refractivity contribution in [2.24, 2.45) is 5.92 Å². The van der Waals surface area contributed by atoms with Crippen LogP contribution in [0.3, 0.4) is 0 Å². The molecule has 1 aromatic carbocycles. The molecule has 0 spiro atoms. The SMILES string of the molecule is Cc1cccc(OCCOCC2CCNCC2)c1. The summed E-state index contributed by atoms with van der Waals surface area (Å²) in [7, 11) is 0. The second-order valence-corrected chi connectivity index (χ2v) is 4.93. The van der Waals surface area contributed by atoms with Crippen LogP contribution in [0.15, 0.2) is 24.3 Å². The minimum atomic E-state index is 0.633. The summed E-state index contributed by atoms with van der Waals surface area (Å²) < 4.78 is 11.3. The van der Waals surface area contributed by atoms with E-state index in [0.717, 1.165) is 31.4 Å². The minimum absolute atomic E-state index is 0.633. The van der Waals surface area contributed by atoms with Crippen LogP contribution in [0, 0.1) is 12.8 Å². The standard InChI is InChI=1S/C15H23NO2/c1-13-3-2-4-15(11-13)18-10-9-17-12-14-5-7-16-8-6-14/h2-4,11,14,16H,5-10,12H2,1H3. The third-order valence-electron chi connectivity index (χ3n) is 3.30. The molecule has 0 bridgehead atoms. The summed E-state index contributed by atoms with van der Waals surface area (Å²) in [5.74, 6) is 1.66. The number of nitrogens with one attached hydrogen (secondary N) is 1. The van der Waals surface area contributed by atoms with E-state index in [0.29, 0.717) is 13.2 Å². The molecule has 100 valence electrons. The molecule has 0 saturated carbocycles. The van der Waals surface area contributed by atoms with Crippen LogP contribution in [0.5, 0.6) is 5.75 Å². The van der Waals surface area contributed by atoms with E-state index in [4.69, 9.17) is 9.47 Å². The Hall–Kier alpha value is -1.06. The average molecular weight is 249 g/mol. The number of hydrogen-bond acceptors (Lipinski definition) is 3. The van der Waals surface area contributed by atoms with Crippen LogP contribution in [-0.2, 0) is 4.74 Å². The van der Waals surface area contributed by atoms with Crippen LogP contribution in [-0.4, -0.2) is 32.9 Å². The maximum Gasteiger partial charge on any atom is 0.119 e. The van der Waals surface area contributed by atoms with Crippen molar-refractivity contribution in [2.75, 3.05) is 32.9 Å². The van der Waals surface area contributed by atoms with Gasteiger partial charge in [0.2, 0.25) is 0 Å². The van der Waals surface area contributed by atoms with Crippen LogP contribution in [0.1, 0.15) is 18.4 Å². The molecule has 1 N–H and O–H groups in total. The maximum atomic E-state index is 5.67. The first-order chi connectivity index (χ1) is 8.84. The molecule has 1 aromatic rings. The summed E-state index contributed by atoms with van der Waals surface area (Å²) in [6, 6.07) is 8.12. The highest BCUT2D eigenvalue weighted by molar-refractivity contribution is 5.27. The monoisotopic (exact) mass is 249 g/mol. The molecule has 1 heterocycles. The Morgan fingerprint density at radius 2 is 2.06 bits per heavy atom. The zero-order chi connectivity index (χ0) is 12.6. The molecule has 0 radical (unpaired) electrons. The zero-order valence-corrected chi connectivity index (χ0v) is 11.2. The first-order valence-electron chi connectivity index (χ1n) is 6.82. The van der Waals surface area contributed by atoms with E-state index in [-0.39, 0.29) is 0 Å². The fraction of sp³-hybridized carbons (Fsp3) is 0.600. The highest BCUT2D eigenvalue weighted by Crippen LogP contribution is 2.13. The minimum Gasteiger partial charge on any atom is -0.491 e. The molecule has 18 heavy (non-hydrogen) atoms. The van der Waals surface area contributed by atoms with Gasteiger partial charge in [0.05, 0.1) is 6.61 Å². The molecule has 1 saturated heterocycles. The van der Waals surface area contributed by atoms with Gasteiger partial charge in [-0.05, 0) is 56.5 Å². The quantitative estimate of drug-likeness (QED) is 0.785. The Labute approximate surface area is 109 Å². The number of benzene rings is 1. The fourth-order valence-electron chi connectivity index (χ4n) is 2.22. The van der Waals surface area contributed by atoms with Gasteiger partial charge in [-0.25, -0.2) is 0 Å². The summed E-state index contributed by atoms with van der Waals surface area (Å²) in [5, 5.41) is 3.36. The summed E-state index contributed by atoms with van der Waals surface area (Å²) >= 11 is 0. The summed E-state index contributed by atoms with van der Waals surface area (Å²) in [6.45, 7) is 6.52.